The molecule has 0 saturated carbocycles. The van der Waals surface area contributed by atoms with Crippen molar-refractivity contribution in [1.82, 2.24) is 9.62 Å². The number of hydrogen-bond donors (Lipinski definition) is 1. The Bertz CT molecular complexity index is 885. The van der Waals surface area contributed by atoms with Gasteiger partial charge in [0.25, 0.3) is 0 Å². The largest absolute Gasteiger partial charge is 0.494 e. The summed E-state index contributed by atoms with van der Waals surface area (Å²) in [5.74, 6) is 0.595. The smallest absolute Gasteiger partial charge is 0.242 e. The van der Waals surface area contributed by atoms with Crippen LogP contribution in [0.1, 0.15) is 18.4 Å². The zero-order chi connectivity index (χ0) is 19.9. The van der Waals surface area contributed by atoms with Crippen LogP contribution in [0.25, 0.3) is 0 Å². The van der Waals surface area contributed by atoms with E-state index in [0.29, 0.717) is 25.0 Å². The Morgan fingerprint density at radius 3 is 2.59 bits per heavy atom. The van der Waals surface area contributed by atoms with E-state index in [1.807, 2.05) is 24.3 Å². The molecule has 8 heteroatoms. The van der Waals surface area contributed by atoms with E-state index in [-0.39, 0.29) is 17.3 Å². The van der Waals surface area contributed by atoms with Crippen LogP contribution in [-0.4, -0.2) is 39.3 Å². The van der Waals surface area contributed by atoms with Crippen LogP contribution in [0.5, 0.6) is 5.75 Å². The maximum absolute atomic E-state index is 12.4. The molecule has 0 bridgehead atoms. The van der Waals surface area contributed by atoms with E-state index in [0.717, 1.165) is 14.5 Å². The van der Waals surface area contributed by atoms with Gasteiger partial charge in [0.1, 0.15) is 5.75 Å². The zero-order valence-electron chi connectivity index (χ0n) is 15.3. The van der Waals surface area contributed by atoms with Crippen molar-refractivity contribution in [1.29, 1.82) is 0 Å². The minimum atomic E-state index is -3.55. The zero-order valence-corrected chi connectivity index (χ0v) is 17.7. The first-order valence-corrected chi connectivity index (χ1v) is 10.7. The van der Waals surface area contributed by atoms with E-state index in [1.54, 1.807) is 24.3 Å². The SMILES string of the molecule is CN(C)S(=O)(=O)c1ccccc1CNC(=O)CCCOc1cccc(Br)c1. The Morgan fingerprint density at radius 2 is 1.89 bits per heavy atom. The van der Waals surface area contributed by atoms with Crippen molar-refractivity contribution in [3.05, 3.63) is 58.6 Å². The molecular formula is C19H23BrN2O4S. The van der Waals surface area contributed by atoms with Crippen molar-refractivity contribution >= 4 is 31.9 Å². The van der Waals surface area contributed by atoms with Crippen molar-refractivity contribution in [2.45, 2.75) is 24.3 Å². The van der Waals surface area contributed by atoms with Crippen LogP contribution in [0.2, 0.25) is 0 Å². The Kier molecular flexibility index (Phi) is 7.82. The summed E-state index contributed by atoms with van der Waals surface area (Å²) in [5.41, 5.74) is 0.560. The van der Waals surface area contributed by atoms with Gasteiger partial charge >= 0.3 is 0 Å². The number of carbonyl (C=O) groups excluding carboxylic acids is 1. The second-order valence-electron chi connectivity index (χ2n) is 6.08. The maximum Gasteiger partial charge on any atom is 0.242 e. The molecule has 0 fully saturated rings. The van der Waals surface area contributed by atoms with Gasteiger partial charge in [-0.2, -0.15) is 0 Å². The van der Waals surface area contributed by atoms with Gasteiger partial charge in [-0.15, -0.1) is 0 Å². The van der Waals surface area contributed by atoms with Gasteiger partial charge in [-0.25, -0.2) is 12.7 Å². The number of rotatable bonds is 9. The predicted octanol–water partition coefficient (Wildman–Crippen LogP) is 3.17. The molecule has 1 amide bonds. The summed E-state index contributed by atoms with van der Waals surface area (Å²) in [7, 11) is -0.588. The number of ether oxygens (including phenoxy) is 1. The van der Waals surface area contributed by atoms with E-state index in [9.17, 15) is 13.2 Å². The third-order valence-corrected chi connectivity index (χ3v) is 6.23. The molecular weight excluding hydrogens is 432 g/mol. The summed E-state index contributed by atoms with van der Waals surface area (Å²) in [5, 5.41) is 2.77. The van der Waals surface area contributed by atoms with Gasteiger partial charge in [-0.1, -0.05) is 40.2 Å². The lowest BCUT2D eigenvalue weighted by Crippen LogP contribution is -2.27. The first-order valence-electron chi connectivity index (χ1n) is 8.46. The van der Waals surface area contributed by atoms with E-state index >= 15 is 0 Å². The average Bonchev–Trinajstić information content (AvgIpc) is 2.63. The first-order chi connectivity index (χ1) is 12.8. The number of sulfonamides is 1. The van der Waals surface area contributed by atoms with E-state index in [2.05, 4.69) is 21.2 Å². The summed E-state index contributed by atoms with van der Waals surface area (Å²) in [6.07, 6.45) is 0.868. The molecule has 0 saturated heterocycles. The third kappa shape index (κ3) is 6.34. The summed E-state index contributed by atoms with van der Waals surface area (Å²) < 4.78 is 32.4. The van der Waals surface area contributed by atoms with Crippen LogP contribution in [0.3, 0.4) is 0 Å². The molecule has 6 nitrogen and oxygen atoms in total. The van der Waals surface area contributed by atoms with Crippen LogP contribution < -0.4 is 10.1 Å². The number of hydrogen-bond acceptors (Lipinski definition) is 4. The maximum atomic E-state index is 12.4. The topological polar surface area (TPSA) is 75.7 Å². The summed E-state index contributed by atoms with van der Waals surface area (Å²) in [6.45, 7) is 0.587. The average molecular weight is 455 g/mol. The van der Waals surface area contributed by atoms with E-state index < -0.39 is 10.0 Å². The second-order valence-corrected chi connectivity index (χ2v) is 9.12. The Hall–Kier alpha value is -1.90. The van der Waals surface area contributed by atoms with E-state index in [4.69, 9.17) is 4.74 Å². The number of carbonyl (C=O) groups is 1. The van der Waals surface area contributed by atoms with Gasteiger partial charge in [0.05, 0.1) is 11.5 Å². The highest BCUT2D eigenvalue weighted by molar-refractivity contribution is 9.10. The lowest BCUT2D eigenvalue weighted by Gasteiger charge is -2.15. The van der Waals surface area contributed by atoms with Crippen LogP contribution in [-0.2, 0) is 21.4 Å². The van der Waals surface area contributed by atoms with E-state index in [1.165, 1.54) is 14.1 Å². The summed E-state index contributed by atoms with van der Waals surface area (Å²) >= 11 is 3.38. The number of benzene rings is 2. The van der Waals surface area contributed by atoms with Gasteiger partial charge in [0.2, 0.25) is 15.9 Å². The van der Waals surface area contributed by atoms with Crippen LogP contribution >= 0.6 is 15.9 Å². The molecule has 0 radical (unpaired) electrons. The molecule has 146 valence electrons. The molecule has 0 unspecified atom stereocenters. The molecule has 2 rings (SSSR count). The molecule has 0 aliphatic heterocycles. The van der Waals surface area contributed by atoms with Crippen LogP contribution in [0.15, 0.2) is 57.9 Å². The molecule has 27 heavy (non-hydrogen) atoms. The van der Waals surface area contributed by atoms with Crippen molar-refractivity contribution in [3.63, 3.8) is 0 Å². The molecule has 0 heterocycles. The highest BCUT2D eigenvalue weighted by Gasteiger charge is 2.20. The highest BCUT2D eigenvalue weighted by atomic mass is 79.9. The third-order valence-electron chi connectivity index (χ3n) is 3.82. The normalized spacial score (nSPS) is 11.4. The predicted molar refractivity (Wildman–Crippen MR) is 108 cm³/mol. The second kappa shape index (κ2) is 9.87. The molecule has 2 aromatic carbocycles. The van der Waals surface area contributed by atoms with Gasteiger partial charge < -0.3 is 10.1 Å². The van der Waals surface area contributed by atoms with Gasteiger partial charge in [0.15, 0.2) is 0 Å². The van der Waals surface area contributed by atoms with Gasteiger partial charge in [0, 0.05) is 31.5 Å². The molecule has 0 aliphatic carbocycles. The summed E-state index contributed by atoms with van der Waals surface area (Å²) in [6, 6.07) is 14.2. The number of halogens is 1. The fourth-order valence-electron chi connectivity index (χ4n) is 2.36. The highest BCUT2D eigenvalue weighted by Crippen LogP contribution is 2.19. The van der Waals surface area contributed by atoms with Crippen molar-refractivity contribution < 1.29 is 17.9 Å². The number of nitrogens with zero attached hydrogens (tertiary/aromatic N) is 1. The monoisotopic (exact) mass is 454 g/mol. The molecule has 0 aromatic heterocycles. The van der Waals surface area contributed by atoms with Crippen molar-refractivity contribution in [2.24, 2.45) is 0 Å². The fourth-order valence-corrected chi connectivity index (χ4v) is 3.85. The Labute approximate surface area is 168 Å². The molecule has 1 N–H and O–H groups in total. The Balaban J connectivity index is 1.82. The van der Waals surface area contributed by atoms with Crippen LogP contribution in [0, 0.1) is 0 Å². The quantitative estimate of drug-likeness (QED) is 0.590. The minimum Gasteiger partial charge on any atom is -0.494 e. The van der Waals surface area contributed by atoms with Crippen molar-refractivity contribution in [3.8, 4) is 5.75 Å². The molecule has 2 aromatic rings. The minimum absolute atomic E-state index is 0.148. The van der Waals surface area contributed by atoms with Crippen LogP contribution in [0.4, 0.5) is 0 Å². The molecule has 0 spiro atoms. The lowest BCUT2D eigenvalue weighted by atomic mass is 10.2. The fraction of sp³-hybridized carbons (Fsp3) is 0.316. The number of nitrogens with one attached hydrogen (secondary N) is 1. The van der Waals surface area contributed by atoms with Gasteiger partial charge in [-0.05, 0) is 36.2 Å². The summed E-state index contributed by atoms with van der Waals surface area (Å²) in [4.78, 5) is 12.2. The molecule has 0 aliphatic rings. The van der Waals surface area contributed by atoms with Crippen molar-refractivity contribution in [2.75, 3.05) is 20.7 Å². The lowest BCUT2D eigenvalue weighted by molar-refractivity contribution is -0.121. The standard InChI is InChI=1S/C19H23BrN2O4S/c1-22(2)27(24,25)18-10-4-3-7-15(18)14-21-19(23)11-6-12-26-17-9-5-8-16(20)13-17/h3-5,7-10,13H,6,11-12,14H2,1-2H3,(H,21,23). The number of amides is 1. The Morgan fingerprint density at radius 1 is 1.15 bits per heavy atom. The first kappa shape index (κ1) is 21.4. The molecule has 0 atom stereocenters. The van der Waals surface area contributed by atoms with Gasteiger partial charge in [-0.3, -0.25) is 4.79 Å².